The van der Waals surface area contributed by atoms with E-state index in [1.807, 2.05) is 24.3 Å². The molecule has 0 radical (unpaired) electrons. The van der Waals surface area contributed by atoms with E-state index in [0.717, 1.165) is 26.6 Å². The van der Waals surface area contributed by atoms with Gasteiger partial charge in [0.1, 0.15) is 11.6 Å². The molecule has 0 atom stereocenters. The van der Waals surface area contributed by atoms with Crippen LogP contribution in [0.4, 0.5) is 5.82 Å². The molecular weight excluding hydrogens is 326 g/mol. The van der Waals surface area contributed by atoms with Gasteiger partial charge in [0.15, 0.2) is 0 Å². The molecule has 1 fully saturated rings. The monoisotopic (exact) mass is 337 g/mol. The summed E-state index contributed by atoms with van der Waals surface area (Å²) in [6.07, 6.45) is 3.05. The Kier molecular flexibility index (Phi) is 3.46. The molecule has 1 aliphatic rings. The number of benzene rings is 1. The van der Waals surface area contributed by atoms with E-state index in [1.54, 1.807) is 0 Å². The summed E-state index contributed by atoms with van der Waals surface area (Å²) in [4.78, 5) is 8.99. The van der Waals surface area contributed by atoms with Gasteiger partial charge in [0.05, 0.1) is 10.2 Å². The van der Waals surface area contributed by atoms with E-state index >= 15 is 0 Å². The van der Waals surface area contributed by atoms with Crippen molar-refractivity contribution >= 4 is 33.3 Å². The third-order valence-corrected chi connectivity index (χ3v) is 4.25. The minimum atomic E-state index is 0.529. The highest BCUT2D eigenvalue weighted by atomic mass is 79.9. The van der Waals surface area contributed by atoms with Gasteiger partial charge in [0.25, 0.3) is 0 Å². The number of nitrogens with zero attached hydrogens (tertiary/aromatic N) is 2. The summed E-state index contributed by atoms with van der Waals surface area (Å²) in [5.41, 5.74) is 8.13. The fourth-order valence-electron chi connectivity index (χ4n) is 2.02. The van der Waals surface area contributed by atoms with E-state index < -0.39 is 0 Å². The van der Waals surface area contributed by atoms with E-state index in [4.69, 9.17) is 17.3 Å². The van der Waals surface area contributed by atoms with Crippen LogP contribution in [0, 0.1) is 0 Å². The van der Waals surface area contributed by atoms with Gasteiger partial charge in [-0.25, -0.2) is 9.97 Å². The van der Waals surface area contributed by atoms with Gasteiger partial charge in [-0.1, -0.05) is 23.7 Å². The van der Waals surface area contributed by atoms with Crippen molar-refractivity contribution in [2.45, 2.75) is 25.2 Å². The van der Waals surface area contributed by atoms with E-state index in [1.165, 1.54) is 12.8 Å². The fraction of sp³-hybridized carbons (Fsp3) is 0.286. The summed E-state index contributed by atoms with van der Waals surface area (Å²) >= 11 is 9.36. The van der Waals surface area contributed by atoms with Crippen LogP contribution in [0.2, 0.25) is 5.02 Å². The molecule has 0 aliphatic heterocycles. The molecular formula is C14H13BrClN3. The molecule has 1 aliphatic carbocycles. The van der Waals surface area contributed by atoms with Crippen molar-refractivity contribution in [3.05, 3.63) is 50.8 Å². The van der Waals surface area contributed by atoms with Crippen LogP contribution in [-0.2, 0) is 6.42 Å². The van der Waals surface area contributed by atoms with Gasteiger partial charge < -0.3 is 5.73 Å². The lowest BCUT2D eigenvalue weighted by Crippen LogP contribution is -2.05. The Labute approximate surface area is 125 Å². The van der Waals surface area contributed by atoms with Crippen molar-refractivity contribution in [1.29, 1.82) is 0 Å². The zero-order valence-electron chi connectivity index (χ0n) is 10.2. The molecule has 2 N–H and O–H groups in total. The van der Waals surface area contributed by atoms with Crippen LogP contribution in [0.25, 0.3) is 0 Å². The van der Waals surface area contributed by atoms with Gasteiger partial charge in [0, 0.05) is 17.4 Å². The first-order chi connectivity index (χ1) is 9.13. The van der Waals surface area contributed by atoms with Gasteiger partial charge in [-0.3, -0.25) is 0 Å². The summed E-state index contributed by atoms with van der Waals surface area (Å²) in [5.74, 6) is 1.84. The second kappa shape index (κ2) is 5.10. The maximum absolute atomic E-state index is 5.95. The van der Waals surface area contributed by atoms with Crippen molar-refractivity contribution < 1.29 is 0 Å². The average Bonchev–Trinajstić information content (AvgIpc) is 3.21. The molecule has 0 spiro atoms. The SMILES string of the molecule is Nc1nc(Cc2ccc(Cl)cc2)nc(C2CC2)c1Br. The van der Waals surface area contributed by atoms with Gasteiger partial charge in [-0.05, 0) is 46.5 Å². The summed E-state index contributed by atoms with van der Waals surface area (Å²) < 4.78 is 0.856. The van der Waals surface area contributed by atoms with Crippen LogP contribution < -0.4 is 5.73 Å². The Hall–Kier alpha value is -1.13. The van der Waals surface area contributed by atoms with Crippen LogP contribution in [0.3, 0.4) is 0 Å². The molecule has 1 heterocycles. The van der Waals surface area contributed by atoms with Gasteiger partial charge in [-0.2, -0.15) is 0 Å². The molecule has 1 aromatic carbocycles. The minimum absolute atomic E-state index is 0.529. The van der Waals surface area contributed by atoms with Crippen LogP contribution in [-0.4, -0.2) is 9.97 Å². The Morgan fingerprint density at radius 2 is 1.89 bits per heavy atom. The summed E-state index contributed by atoms with van der Waals surface area (Å²) in [6.45, 7) is 0. The van der Waals surface area contributed by atoms with E-state index in [2.05, 4.69) is 25.9 Å². The van der Waals surface area contributed by atoms with Crippen LogP contribution in [0.5, 0.6) is 0 Å². The van der Waals surface area contributed by atoms with Crippen molar-refractivity contribution in [2.24, 2.45) is 0 Å². The number of aromatic nitrogens is 2. The molecule has 3 rings (SSSR count). The molecule has 5 heteroatoms. The highest BCUT2D eigenvalue weighted by Gasteiger charge is 2.28. The quantitative estimate of drug-likeness (QED) is 0.922. The van der Waals surface area contributed by atoms with Gasteiger partial charge in [0.2, 0.25) is 0 Å². The minimum Gasteiger partial charge on any atom is -0.383 e. The summed E-state index contributed by atoms with van der Waals surface area (Å²) in [6, 6.07) is 7.73. The predicted molar refractivity (Wildman–Crippen MR) is 80.4 cm³/mol. The molecule has 0 unspecified atom stereocenters. The van der Waals surface area contributed by atoms with Crippen molar-refractivity contribution in [3.8, 4) is 0 Å². The number of hydrogen-bond acceptors (Lipinski definition) is 3. The number of nitrogens with two attached hydrogens (primary N) is 1. The van der Waals surface area contributed by atoms with Gasteiger partial charge >= 0.3 is 0 Å². The lowest BCUT2D eigenvalue weighted by molar-refractivity contribution is 0.895. The third kappa shape index (κ3) is 2.90. The number of halogens is 2. The van der Waals surface area contributed by atoms with Crippen LogP contribution >= 0.6 is 27.5 Å². The second-order valence-electron chi connectivity index (χ2n) is 4.80. The van der Waals surface area contributed by atoms with E-state index in [9.17, 15) is 0 Å². The molecule has 1 saturated carbocycles. The highest BCUT2D eigenvalue weighted by molar-refractivity contribution is 9.10. The molecule has 19 heavy (non-hydrogen) atoms. The Morgan fingerprint density at radius 1 is 1.21 bits per heavy atom. The topological polar surface area (TPSA) is 51.8 Å². The molecule has 0 saturated heterocycles. The smallest absolute Gasteiger partial charge is 0.141 e. The van der Waals surface area contributed by atoms with E-state index in [0.29, 0.717) is 18.2 Å². The second-order valence-corrected chi connectivity index (χ2v) is 6.03. The number of anilines is 1. The molecule has 1 aromatic heterocycles. The van der Waals surface area contributed by atoms with Crippen molar-refractivity contribution in [2.75, 3.05) is 5.73 Å². The summed E-state index contributed by atoms with van der Waals surface area (Å²) in [7, 11) is 0. The number of nitrogen functional groups attached to an aromatic ring is 1. The van der Waals surface area contributed by atoms with Crippen molar-refractivity contribution in [1.82, 2.24) is 9.97 Å². The third-order valence-electron chi connectivity index (χ3n) is 3.19. The average molecular weight is 339 g/mol. The maximum Gasteiger partial charge on any atom is 0.141 e. The predicted octanol–water partition coefficient (Wildman–Crippen LogP) is 3.94. The molecule has 0 bridgehead atoms. The van der Waals surface area contributed by atoms with Crippen LogP contribution in [0.15, 0.2) is 28.7 Å². The Balaban J connectivity index is 1.90. The number of hydrogen-bond donors (Lipinski definition) is 1. The first-order valence-electron chi connectivity index (χ1n) is 6.19. The highest BCUT2D eigenvalue weighted by Crippen LogP contribution is 2.43. The van der Waals surface area contributed by atoms with E-state index in [-0.39, 0.29) is 0 Å². The van der Waals surface area contributed by atoms with Crippen LogP contribution in [0.1, 0.15) is 35.8 Å². The first-order valence-corrected chi connectivity index (χ1v) is 7.37. The Bertz CT molecular complexity index is 609. The molecule has 98 valence electrons. The zero-order valence-corrected chi connectivity index (χ0v) is 12.6. The van der Waals surface area contributed by atoms with Crippen molar-refractivity contribution in [3.63, 3.8) is 0 Å². The fourth-order valence-corrected chi connectivity index (χ4v) is 2.65. The standard InChI is InChI=1S/C14H13BrClN3/c15-12-13(9-3-4-9)18-11(19-14(12)17)7-8-1-5-10(16)6-2-8/h1-2,5-6,9H,3-4,7H2,(H2,17,18,19). The summed E-state index contributed by atoms with van der Waals surface area (Å²) in [5, 5.41) is 0.735. The Morgan fingerprint density at radius 3 is 2.53 bits per heavy atom. The first kappa shape index (κ1) is 12.9. The largest absolute Gasteiger partial charge is 0.383 e. The lowest BCUT2D eigenvalue weighted by atomic mass is 10.1. The molecule has 2 aromatic rings. The normalized spacial score (nSPS) is 14.6. The zero-order chi connectivity index (χ0) is 13.4. The molecule has 3 nitrogen and oxygen atoms in total. The number of rotatable bonds is 3. The van der Waals surface area contributed by atoms with Gasteiger partial charge in [-0.15, -0.1) is 0 Å². The maximum atomic E-state index is 5.95. The lowest BCUT2D eigenvalue weighted by Gasteiger charge is -2.08. The molecule has 0 amide bonds.